The van der Waals surface area contributed by atoms with E-state index in [0.29, 0.717) is 0 Å². The Hall–Kier alpha value is -1.91. The molecule has 1 aromatic carbocycles. The summed E-state index contributed by atoms with van der Waals surface area (Å²) < 4.78 is 13.5. The van der Waals surface area contributed by atoms with Crippen LogP contribution < -0.4 is 5.32 Å². The number of aromatic carboxylic acids is 1. The van der Waals surface area contributed by atoms with Crippen LogP contribution in [0.4, 0.5) is 10.1 Å². The van der Waals surface area contributed by atoms with Crippen molar-refractivity contribution in [3.63, 3.8) is 0 Å². The molecule has 1 aliphatic rings. The Morgan fingerprint density at radius 2 is 2.06 bits per heavy atom. The number of hydrogen-bond donors (Lipinski definition) is 2. The van der Waals surface area contributed by atoms with Crippen molar-refractivity contribution in [3.8, 4) is 0 Å². The number of anilines is 1. The quantitative estimate of drug-likeness (QED) is 0.867. The minimum atomic E-state index is -1.15. The van der Waals surface area contributed by atoms with Gasteiger partial charge in [0.05, 0.1) is 11.3 Å². The Bertz CT molecular complexity index is 509. The highest BCUT2D eigenvalue weighted by Gasteiger charge is 2.39. The number of rotatable bonds is 3. The molecule has 0 atom stereocenters. The monoisotopic (exact) mass is 251 g/mol. The molecule has 4 nitrogen and oxygen atoms in total. The van der Waals surface area contributed by atoms with Crippen molar-refractivity contribution in [1.29, 1.82) is 0 Å². The molecule has 5 heteroatoms. The summed E-state index contributed by atoms with van der Waals surface area (Å²) in [4.78, 5) is 22.7. The van der Waals surface area contributed by atoms with Gasteiger partial charge in [-0.1, -0.05) is 13.3 Å². The predicted octanol–water partition coefficient (Wildman–Crippen LogP) is 2.65. The number of carboxylic acids is 1. The van der Waals surface area contributed by atoms with Gasteiger partial charge in [0.2, 0.25) is 5.91 Å². The number of hydrogen-bond acceptors (Lipinski definition) is 2. The van der Waals surface area contributed by atoms with E-state index in [2.05, 4.69) is 5.32 Å². The molecule has 0 radical (unpaired) electrons. The van der Waals surface area contributed by atoms with Crippen molar-refractivity contribution in [2.75, 3.05) is 5.32 Å². The normalized spacial score (nSPS) is 16.8. The number of carbonyl (C=O) groups is 2. The third-order valence-corrected chi connectivity index (χ3v) is 3.47. The molecule has 0 unspecified atom stereocenters. The molecule has 1 amide bonds. The summed E-state index contributed by atoms with van der Waals surface area (Å²) in [7, 11) is 0. The van der Waals surface area contributed by atoms with Gasteiger partial charge in [-0.2, -0.15) is 0 Å². The number of carbonyl (C=O) groups excluding carboxylic acids is 1. The van der Waals surface area contributed by atoms with E-state index in [0.717, 1.165) is 31.4 Å². The van der Waals surface area contributed by atoms with Gasteiger partial charge in [0, 0.05) is 5.41 Å². The topological polar surface area (TPSA) is 66.4 Å². The second-order valence-electron chi connectivity index (χ2n) is 4.87. The molecular formula is C13H14FNO3. The predicted molar refractivity (Wildman–Crippen MR) is 63.9 cm³/mol. The van der Waals surface area contributed by atoms with E-state index in [1.165, 1.54) is 6.07 Å². The maximum absolute atomic E-state index is 13.5. The lowest BCUT2D eigenvalue weighted by molar-refractivity contribution is -0.128. The number of carboxylic acid groups (broad SMARTS) is 1. The summed E-state index contributed by atoms with van der Waals surface area (Å²) in [6.45, 7) is 1.82. The third kappa shape index (κ3) is 2.20. The van der Waals surface area contributed by atoms with Crippen LogP contribution >= 0.6 is 0 Å². The first kappa shape index (κ1) is 12.5. The molecule has 2 N–H and O–H groups in total. The molecule has 2 rings (SSSR count). The molecule has 0 aromatic heterocycles. The van der Waals surface area contributed by atoms with Crippen molar-refractivity contribution in [3.05, 3.63) is 29.6 Å². The summed E-state index contributed by atoms with van der Waals surface area (Å²) in [6.07, 6.45) is 2.54. The zero-order valence-corrected chi connectivity index (χ0v) is 10.00. The van der Waals surface area contributed by atoms with Crippen LogP contribution in [0.25, 0.3) is 0 Å². The number of nitrogens with one attached hydrogen (secondary N) is 1. The van der Waals surface area contributed by atoms with Gasteiger partial charge in [-0.25, -0.2) is 9.18 Å². The van der Waals surface area contributed by atoms with Crippen molar-refractivity contribution in [2.45, 2.75) is 26.2 Å². The van der Waals surface area contributed by atoms with Gasteiger partial charge < -0.3 is 10.4 Å². The first-order valence-corrected chi connectivity index (χ1v) is 5.77. The third-order valence-electron chi connectivity index (χ3n) is 3.47. The zero-order chi connectivity index (χ0) is 13.3. The van der Waals surface area contributed by atoms with Gasteiger partial charge in [0.15, 0.2) is 0 Å². The fourth-order valence-electron chi connectivity index (χ4n) is 1.96. The highest BCUT2D eigenvalue weighted by Crippen LogP contribution is 2.41. The molecule has 0 saturated heterocycles. The fourth-order valence-corrected chi connectivity index (χ4v) is 1.96. The second-order valence-corrected chi connectivity index (χ2v) is 4.87. The molecule has 18 heavy (non-hydrogen) atoms. The Kier molecular flexibility index (Phi) is 3.07. The van der Waals surface area contributed by atoms with Crippen LogP contribution in [0.15, 0.2) is 18.2 Å². The molecule has 0 bridgehead atoms. The standard InChI is InChI=1S/C13H14FNO3/c1-13(5-2-6-13)12(18)15-10-7-8(11(16)17)3-4-9(10)14/h3-4,7H,2,5-6H2,1H3,(H,15,18)(H,16,17). The maximum atomic E-state index is 13.5. The van der Waals surface area contributed by atoms with E-state index in [1.54, 1.807) is 0 Å². The number of halogens is 1. The molecule has 0 spiro atoms. The zero-order valence-electron chi connectivity index (χ0n) is 10.00. The fraction of sp³-hybridized carbons (Fsp3) is 0.385. The Labute approximate surface area is 104 Å². The van der Waals surface area contributed by atoms with Gasteiger partial charge in [0.1, 0.15) is 5.82 Å². The van der Waals surface area contributed by atoms with E-state index in [9.17, 15) is 14.0 Å². The first-order chi connectivity index (χ1) is 8.42. The molecule has 1 aromatic rings. The van der Waals surface area contributed by atoms with Crippen LogP contribution in [0.3, 0.4) is 0 Å². The Morgan fingerprint density at radius 1 is 1.39 bits per heavy atom. The van der Waals surface area contributed by atoms with E-state index in [-0.39, 0.29) is 17.2 Å². The number of benzene rings is 1. The van der Waals surface area contributed by atoms with Crippen molar-refractivity contribution >= 4 is 17.6 Å². The van der Waals surface area contributed by atoms with Gasteiger partial charge in [-0.05, 0) is 31.0 Å². The maximum Gasteiger partial charge on any atom is 0.335 e. The van der Waals surface area contributed by atoms with Crippen LogP contribution in [0.2, 0.25) is 0 Å². The van der Waals surface area contributed by atoms with Crippen LogP contribution in [-0.4, -0.2) is 17.0 Å². The van der Waals surface area contributed by atoms with Crippen molar-refractivity contribution in [1.82, 2.24) is 0 Å². The van der Waals surface area contributed by atoms with Gasteiger partial charge in [-0.15, -0.1) is 0 Å². The summed E-state index contributed by atoms with van der Waals surface area (Å²) in [5.74, 6) is -2.04. The minimum absolute atomic E-state index is 0.0505. The largest absolute Gasteiger partial charge is 0.478 e. The van der Waals surface area contributed by atoms with Crippen molar-refractivity contribution < 1.29 is 19.1 Å². The van der Waals surface area contributed by atoms with Crippen LogP contribution in [0, 0.1) is 11.2 Å². The molecule has 0 aliphatic heterocycles. The molecular weight excluding hydrogens is 237 g/mol. The minimum Gasteiger partial charge on any atom is -0.478 e. The van der Waals surface area contributed by atoms with Gasteiger partial charge in [-0.3, -0.25) is 4.79 Å². The second kappa shape index (κ2) is 4.40. The average Bonchev–Trinajstić information content (AvgIpc) is 2.28. The summed E-state index contributed by atoms with van der Waals surface area (Å²) >= 11 is 0. The SMILES string of the molecule is CC1(C(=O)Nc2cc(C(=O)O)ccc2F)CCC1. The molecule has 1 saturated carbocycles. The van der Waals surface area contributed by atoms with E-state index in [4.69, 9.17) is 5.11 Å². The molecule has 0 heterocycles. The Balaban J connectivity index is 2.20. The number of amides is 1. The first-order valence-electron chi connectivity index (χ1n) is 5.77. The highest BCUT2D eigenvalue weighted by molar-refractivity contribution is 5.97. The summed E-state index contributed by atoms with van der Waals surface area (Å²) in [5, 5.41) is 11.3. The lowest BCUT2D eigenvalue weighted by atomic mass is 9.70. The van der Waals surface area contributed by atoms with Crippen LogP contribution in [-0.2, 0) is 4.79 Å². The van der Waals surface area contributed by atoms with Crippen LogP contribution in [0.5, 0.6) is 0 Å². The summed E-state index contributed by atoms with van der Waals surface area (Å²) in [5.41, 5.74) is -0.579. The summed E-state index contributed by atoms with van der Waals surface area (Å²) in [6, 6.07) is 3.35. The van der Waals surface area contributed by atoms with E-state index < -0.39 is 17.2 Å². The molecule has 1 aliphatic carbocycles. The average molecular weight is 251 g/mol. The smallest absolute Gasteiger partial charge is 0.335 e. The van der Waals surface area contributed by atoms with E-state index >= 15 is 0 Å². The van der Waals surface area contributed by atoms with Crippen molar-refractivity contribution in [2.24, 2.45) is 5.41 Å². The van der Waals surface area contributed by atoms with Gasteiger partial charge >= 0.3 is 5.97 Å². The molecule has 96 valence electrons. The van der Waals surface area contributed by atoms with E-state index in [1.807, 2.05) is 6.92 Å². The highest BCUT2D eigenvalue weighted by atomic mass is 19.1. The lowest BCUT2D eigenvalue weighted by Gasteiger charge is -2.36. The Morgan fingerprint density at radius 3 is 2.56 bits per heavy atom. The van der Waals surface area contributed by atoms with Gasteiger partial charge in [0.25, 0.3) is 0 Å². The lowest BCUT2D eigenvalue weighted by Crippen LogP contribution is -2.39. The molecule has 1 fully saturated rings. The van der Waals surface area contributed by atoms with Crippen LogP contribution in [0.1, 0.15) is 36.5 Å².